The number of benzene rings is 2. The summed E-state index contributed by atoms with van der Waals surface area (Å²) in [5, 5.41) is 5.78. The van der Waals surface area contributed by atoms with Gasteiger partial charge in [0.2, 0.25) is 0 Å². The van der Waals surface area contributed by atoms with Crippen LogP contribution in [0, 0.1) is 5.82 Å². The molecule has 0 saturated carbocycles. The van der Waals surface area contributed by atoms with Crippen LogP contribution in [0.1, 0.15) is 29.2 Å². The highest BCUT2D eigenvalue weighted by atomic mass is 19.1. The van der Waals surface area contributed by atoms with E-state index < -0.39 is 0 Å². The molecule has 0 saturated heterocycles. The van der Waals surface area contributed by atoms with Gasteiger partial charge in [0.1, 0.15) is 5.82 Å². The van der Waals surface area contributed by atoms with Crippen molar-refractivity contribution in [3.8, 4) is 11.5 Å². The van der Waals surface area contributed by atoms with Crippen LogP contribution >= 0.6 is 0 Å². The maximum atomic E-state index is 13.3. The van der Waals surface area contributed by atoms with E-state index in [9.17, 15) is 9.18 Å². The van der Waals surface area contributed by atoms with Gasteiger partial charge in [-0.05, 0) is 53.8 Å². The second kappa shape index (κ2) is 7.42. The first kappa shape index (κ1) is 17.1. The number of methoxy groups -OCH3 is 2. The molecule has 0 spiro atoms. The quantitative estimate of drug-likeness (QED) is 0.875. The second-order valence-corrected chi connectivity index (χ2v) is 5.95. The number of hydrogen-bond donors (Lipinski definition) is 2. The molecule has 0 aliphatic heterocycles. The van der Waals surface area contributed by atoms with E-state index in [4.69, 9.17) is 9.47 Å². The van der Waals surface area contributed by atoms with Crippen molar-refractivity contribution in [2.24, 2.45) is 0 Å². The molecule has 0 heterocycles. The van der Waals surface area contributed by atoms with Gasteiger partial charge in [-0.25, -0.2) is 9.18 Å². The van der Waals surface area contributed by atoms with Gasteiger partial charge in [0.25, 0.3) is 0 Å². The van der Waals surface area contributed by atoms with E-state index in [1.807, 2.05) is 12.1 Å². The number of carbonyl (C=O) groups is 1. The minimum atomic E-state index is -0.253. The Morgan fingerprint density at radius 1 is 1.16 bits per heavy atom. The number of hydrogen-bond acceptors (Lipinski definition) is 3. The zero-order chi connectivity index (χ0) is 17.8. The summed E-state index contributed by atoms with van der Waals surface area (Å²) in [6.45, 7) is 0.370. The lowest BCUT2D eigenvalue weighted by Crippen LogP contribution is -2.36. The Bertz CT molecular complexity index is 779. The third-order valence-corrected chi connectivity index (χ3v) is 4.39. The number of aryl methyl sites for hydroxylation is 1. The van der Waals surface area contributed by atoms with Gasteiger partial charge in [0.05, 0.1) is 20.3 Å². The molecule has 3 rings (SSSR count). The Labute approximate surface area is 146 Å². The molecule has 0 radical (unpaired) electrons. The summed E-state index contributed by atoms with van der Waals surface area (Å²) in [5.74, 6) is 1.02. The zero-order valence-electron chi connectivity index (χ0n) is 14.3. The van der Waals surface area contributed by atoms with E-state index in [2.05, 4.69) is 10.6 Å². The van der Waals surface area contributed by atoms with Gasteiger partial charge < -0.3 is 20.1 Å². The van der Waals surface area contributed by atoms with Crippen molar-refractivity contribution in [2.75, 3.05) is 14.2 Å². The van der Waals surface area contributed by atoms with E-state index in [0.717, 1.165) is 29.5 Å². The molecule has 2 aromatic rings. The van der Waals surface area contributed by atoms with Crippen molar-refractivity contribution in [1.29, 1.82) is 0 Å². The average Bonchev–Trinajstić information content (AvgIpc) is 3.01. The monoisotopic (exact) mass is 344 g/mol. The lowest BCUT2D eigenvalue weighted by molar-refractivity contribution is 0.236. The summed E-state index contributed by atoms with van der Waals surface area (Å²) in [6.07, 6.45) is 1.55. The highest BCUT2D eigenvalue weighted by Gasteiger charge is 2.24. The summed E-state index contributed by atoms with van der Waals surface area (Å²) in [6, 6.07) is 9.88. The van der Waals surface area contributed by atoms with Crippen molar-refractivity contribution in [2.45, 2.75) is 25.4 Å². The molecule has 1 aliphatic carbocycles. The Morgan fingerprint density at radius 2 is 1.96 bits per heavy atom. The summed E-state index contributed by atoms with van der Waals surface area (Å²) < 4.78 is 23.7. The summed E-state index contributed by atoms with van der Waals surface area (Å²) >= 11 is 0. The standard InChI is InChI=1S/C19H21FN2O3/c1-24-17-8-3-12(9-18(17)25-2)11-21-19(23)22-16-7-4-13-10-14(20)5-6-15(13)16/h3,5-6,8-10,16H,4,7,11H2,1-2H3,(H2,21,22,23). The van der Waals surface area contributed by atoms with Crippen molar-refractivity contribution < 1.29 is 18.7 Å². The normalized spacial score (nSPS) is 15.4. The number of urea groups is 1. The Balaban J connectivity index is 1.58. The van der Waals surface area contributed by atoms with Gasteiger partial charge in [-0.3, -0.25) is 0 Å². The molecule has 132 valence electrons. The van der Waals surface area contributed by atoms with E-state index in [0.29, 0.717) is 18.0 Å². The third-order valence-electron chi connectivity index (χ3n) is 4.39. The molecule has 0 bridgehead atoms. The molecule has 2 amide bonds. The number of amides is 2. The molecule has 25 heavy (non-hydrogen) atoms. The second-order valence-electron chi connectivity index (χ2n) is 5.95. The minimum Gasteiger partial charge on any atom is -0.493 e. The molecule has 1 unspecified atom stereocenters. The third kappa shape index (κ3) is 3.84. The minimum absolute atomic E-state index is 0.0824. The first-order valence-electron chi connectivity index (χ1n) is 8.14. The molecule has 1 atom stereocenters. The molecule has 0 aromatic heterocycles. The lowest BCUT2D eigenvalue weighted by Gasteiger charge is -2.15. The van der Waals surface area contributed by atoms with E-state index in [1.54, 1.807) is 32.4 Å². The maximum Gasteiger partial charge on any atom is 0.315 e. The predicted octanol–water partition coefficient (Wildman–Crippen LogP) is 3.33. The van der Waals surface area contributed by atoms with Crippen LogP contribution in [0.3, 0.4) is 0 Å². The van der Waals surface area contributed by atoms with Crippen LogP contribution in [-0.4, -0.2) is 20.3 Å². The van der Waals surface area contributed by atoms with Gasteiger partial charge in [-0.1, -0.05) is 12.1 Å². The number of ether oxygens (including phenoxy) is 2. The Kier molecular flexibility index (Phi) is 5.07. The van der Waals surface area contributed by atoms with Crippen molar-refractivity contribution >= 4 is 6.03 Å². The number of carbonyl (C=O) groups excluding carboxylic acids is 1. The molecule has 5 nitrogen and oxygen atoms in total. The fraction of sp³-hybridized carbons (Fsp3) is 0.316. The van der Waals surface area contributed by atoms with Gasteiger partial charge in [0.15, 0.2) is 11.5 Å². The SMILES string of the molecule is COc1ccc(CNC(=O)NC2CCc3cc(F)ccc32)cc1OC. The summed E-state index contributed by atoms with van der Waals surface area (Å²) in [4.78, 5) is 12.2. The van der Waals surface area contributed by atoms with Crippen LogP contribution in [0.4, 0.5) is 9.18 Å². The summed E-state index contributed by atoms with van der Waals surface area (Å²) in [5.41, 5.74) is 2.86. The Hall–Kier alpha value is -2.76. The molecule has 0 fully saturated rings. The first-order valence-corrected chi connectivity index (χ1v) is 8.14. The van der Waals surface area contributed by atoms with Crippen LogP contribution in [0.25, 0.3) is 0 Å². The van der Waals surface area contributed by atoms with E-state index in [-0.39, 0.29) is 17.9 Å². The fourth-order valence-electron chi connectivity index (χ4n) is 3.12. The van der Waals surface area contributed by atoms with Crippen LogP contribution < -0.4 is 20.1 Å². The largest absolute Gasteiger partial charge is 0.493 e. The number of nitrogens with one attached hydrogen (secondary N) is 2. The average molecular weight is 344 g/mol. The fourth-order valence-corrected chi connectivity index (χ4v) is 3.12. The van der Waals surface area contributed by atoms with E-state index >= 15 is 0 Å². The van der Waals surface area contributed by atoms with E-state index in [1.165, 1.54) is 6.07 Å². The van der Waals surface area contributed by atoms with Crippen molar-refractivity contribution in [3.05, 3.63) is 58.9 Å². The zero-order valence-corrected chi connectivity index (χ0v) is 14.3. The number of halogens is 1. The molecule has 2 aromatic carbocycles. The highest BCUT2D eigenvalue weighted by molar-refractivity contribution is 5.74. The number of rotatable bonds is 5. The van der Waals surface area contributed by atoms with Gasteiger partial charge in [-0.15, -0.1) is 0 Å². The summed E-state index contributed by atoms with van der Waals surface area (Å²) in [7, 11) is 3.15. The van der Waals surface area contributed by atoms with Gasteiger partial charge in [0, 0.05) is 6.54 Å². The smallest absolute Gasteiger partial charge is 0.315 e. The highest BCUT2D eigenvalue weighted by Crippen LogP contribution is 2.31. The van der Waals surface area contributed by atoms with Gasteiger partial charge >= 0.3 is 6.03 Å². The predicted molar refractivity (Wildman–Crippen MR) is 92.4 cm³/mol. The van der Waals surface area contributed by atoms with Crippen LogP contribution in [0.15, 0.2) is 36.4 Å². The van der Waals surface area contributed by atoms with Gasteiger partial charge in [-0.2, -0.15) is 0 Å². The Morgan fingerprint density at radius 3 is 2.72 bits per heavy atom. The van der Waals surface area contributed by atoms with Crippen LogP contribution in [0.5, 0.6) is 11.5 Å². The van der Waals surface area contributed by atoms with Crippen molar-refractivity contribution in [1.82, 2.24) is 10.6 Å². The topological polar surface area (TPSA) is 59.6 Å². The number of fused-ring (bicyclic) bond motifs is 1. The molecule has 2 N–H and O–H groups in total. The molecular formula is C19H21FN2O3. The first-order chi connectivity index (χ1) is 12.1. The van der Waals surface area contributed by atoms with Crippen molar-refractivity contribution in [3.63, 3.8) is 0 Å². The molecule has 6 heteroatoms. The van der Waals surface area contributed by atoms with Crippen LogP contribution in [-0.2, 0) is 13.0 Å². The molecule has 1 aliphatic rings. The lowest BCUT2D eigenvalue weighted by atomic mass is 10.1. The van der Waals surface area contributed by atoms with Crippen LogP contribution in [0.2, 0.25) is 0 Å². The molecular weight excluding hydrogens is 323 g/mol. The maximum absolute atomic E-state index is 13.3.